The van der Waals surface area contributed by atoms with E-state index >= 15 is 0 Å². The van der Waals surface area contributed by atoms with Gasteiger partial charge in [-0.3, -0.25) is 0 Å². The molecule has 0 aliphatic rings. The van der Waals surface area contributed by atoms with Gasteiger partial charge in [-0.25, -0.2) is 4.39 Å². The quantitative estimate of drug-likeness (QED) is 0.414. The summed E-state index contributed by atoms with van der Waals surface area (Å²) in [5, 5.41) is 10.3. The van der Waals surface area contributed by atoms with Crippen molar-refractivity contribution in [2.45, 2.75) is 23.9 Å². The molecule has 9 heteroatoms. The van der Waals surface area contributed by atoms with Crippen molar-refractivity contribution in [1.29, 1.82) is 0 Å². The first kappa shape index (κ1) is 20.3. The Morgan fingerprint density at radius 1 is 1.15 bits per heavy atom. The third-order valence-electron chi connectivity index (χ3n) is 3.84. The maximum Gasteiger partial charge on any atom is 0.191 e. The summed E-state index contributed by atoms with van der Waals surface area (Å²) in [4.78, 5) is 0. The van der Waals surface area contributed by atoms with Crippen molar-refractivity contribution in [2.24, 2.45) is 7.05 Å². The molecule has 1 atom stereocenters. The molecule has 3 rings (SSSR count). The van der Waals surface area contributed by atoms with Crippen molar-refractivity contribution in [3.8, 4) is 5.75 Å². The van der Waals surface area contributed by atoms with Crippen LogP contribution in [0.15, 0.2) is 41.6 Å². The number of nitrogens with zero attached hydrogens (tertiary/aromatic N) is 3. The van der Waals surface area contributed by atoms with Crippen molar-refractivity contribution >= 4 is 46.6 Å². The molecule has 0 bridgehead atoms. The Labute approximate surface area is 175 Å². The van der Waals surface area contributed by atoms with Gasteiger partial charge in [0.1, 0.15) is 11.6 Å². The van der Waals surface area contributed by atoms with Gasteiger partial charge < -0.3 is 9.30 Å². The number of benzene rings is 2. The Kier molecular flexibility index (Phi) is 6.52. The smallest absolute Gasteiger partial charge is 0.191 e. The lowest BCUT2D eigenvalue weighted by Crippen LogP contribution is -2.10. The zero-order valence-corrected chi connectivity index (χ0v) is 17.5. The van der Waals surface area contributed by atoms with Crippen LogP contribution >= 0.6 is 46.6 Å². The van der Waals surface area contributed by atoms with E-state index in [1.165, 1.54) is 17.8 Å². The molecular formula is C18H15Cl3FN3OS. The minimum absolute atomic E-state index is 0.340. The number of hydrogen-bond acceptors (Lipinski definition) is 4. The summed E-state index contributed by atoms with van der Waals surface area (Å²) in [7, 11) is 1.82. The summed E-state index contributed by atoms with van der Waals surface area (Å²) < 4.78 is 21.6. The average molecular weight is 447 g/mol. The van der Waals surface area contributed by atoms with E-state index in [1.54, 1.807) is 34.9 Å². The second-order valence-electron chi connectivity index (χ2n) is 5.72. The lowest BCUT2D eigenvalue weighted by atomic mass is 10.2. The van der Waals surface area contributed by atoms with Gasteiger partial charge in [-0.05, 0) is 31.2 Å². The summed E-state index contributed by atoms with van der Waals surface area (Å²) in [6.07, 6.45) is -0.412. The molecule has 1 heterocycles. The summed E-state index contributed by atoms with van der Waals surface area (Å²) in [5.74, 6) is 1.07. The maximum atomic E-state index is 13.9. The van der Waals surface area contributed by atoms with Crippen LogP contribution in [-0.2, 0) is 12.8 Å². The summed E-state index contributed by atoms with van der Waals surface area (Å²) in [5.41, 5.74) is 0.434. The van der Waals surface area contributed by atoms with Gasteiger partial charge in [-0.2, -0.15) is 0 Å². The first-order valence-corrected chi connectivity index (χ1v) is 10.1. The van der Waals surface area contributed by atoms with Crippen molar-refractivity contribution in [3.63, 3.8) is 0 Å². The predicted octanol–water partition coefficient (Wildman–Crippen LogP) is 6.35. The third kappa shape index (κ3) is 4.69. The first-order valence-electron chi connectivity index (χ1n) is 7.93. The van der Waals surface area contributed by atoms with Gasteiger partial charge in [0.05, 0.1) is 5.02 Å². The Morgan fingerprint density at radius 3 is 2.67 bits per heavy atom. The molecule has 4 nitrogen and oxygen atoms in total. The van der Waals surface area contributed by atoms with Crippen molar-refractivity contribution in [2.75, 3.05) is 0 Å². The van der Waals surface area contributed by atoms with Gasteiger partial charge in [0.25, 0.3) is 0 Å². The zero-order chi connectivity index (χ0) is 19.6. The monoisotopic (exact) mass is 445 g/mol. The Hall–Kier alpha value is -1.47. The molecule has 0 fully saturated rings. The summed E-state index contributed by atoms with van der Waals surface area (Å²) >= 11 is 19.5. The molecule has 0 radical (unpaired) electrons. The fraction of sp³-hybridized carbons (Fsp3) is 0.222. The highest BCUT2D eigenvalue weighted by atomic mass is 35.5. The molecule has 0 spiro atoms. The zero-order valence-electron chi connectivity index (χ0n) is 14.4. The minimum atomic E-state index is -0.412. The standard InChI is InChI=1S/C18H15Cl3FN3OS/c1-10(26-16-8-11(19)6-7-14(16)21)17-23-24-18(25(17)2)27-9-12-13(20)4-3-5-15(12)22/h3-8,10H,9H2,1-2H3. The number of ether oxygens (including phenoxy) is 1. The van der Waals surface area contributed by atoms with Crippen LogP contribution in [0.5, 0.6) is 5.75 Å². The molecule has 0 aliphatic carbocycles. The van der Waals surface area contributed by atoms with Gasteiger partial charge >= 0.3 is 0 Å². The second-order valence-corrected chi connectivity index (χ2v) is 7.92. The molecule has 0 saturated heterocycles. The number of halogens is 4. The SMILES string of the molecule is CC(Oc1cc(Cl)ccc1Cl)c1nnc(SCc2c(F)cccc2Cl)n1C. The number of thioether (sulfide) groups is 1. The van der Waals surface area contributed by atoms with Crippen LogP contribution in [0.2, 0.25) is 15.1 Å². The molecule has 2 aromatic carbocycles. The van der Waals surface area contributed by atoms with E-state index in [0.29, 0.717) is 43.1 Å². The average Bonchev–Trinajstić information content (AvgIpc) is 2.98. The van der Waals surface area contributed by atoms with E-state index in [-0.39, 0.29) is 5.82 Å². The third-order valence-corrected chi connectivity index (χ3v) is 5.78. The van der Waals surface area contributed by atoms with E-state index in [2.05, 4.69) is 10.2 Å². The Morgan fingerprint density at radius 2 is 1.93 bits per heavy atom. The molecule has 27 heavy (non-hydrogen) atoms. The molecule has 0 N–H and O–H groups in total. The lowest BCUT2D eigenvalue weighted by Gasteiger charge is -2.15. The molecule has 0 saturated carbocycles. The van der Waals surface area contributed by atoms with Crippen LogP contribution < -0.4 is 4.74 Å². The molecular weight excluding hydrogens is 432 g/mol. The Balaban J connectivity index is 1.73. The van der Waals surface area contributed by atoms with Crippen LogP contribution in [0.1, 0.15) is 24.4 Å². The lowest BCUT2D eigenvalue weighted by molar-refractivity contribution is 0.211. The van der Waals surface area contributed by atoms with Crippen molar-refractivity contribution in [1.82, 2.24) is 14.8 Å². The predicted molar refractivity (Wildman–Crippen MR) is 107 cm³/mol. The molecule has 3 aromatic rings. The second kappa shape index (κ2) is 8.69. The van der Waals surface area contributed by atoms with E-state index in [1.807, 2.05) is 14.0 Å². The Bertz CT molecular complexity index is 947. The largest absolute Gasteiger partial charge is 0.481 e. The maximum absolute atomic E-state index is 13.9. The molecule has 0 aliphatic heterocycles. The molecule has 142 valence electrons. The van der Waals surface area contributed by atoms with E-state index in [9.17, 15) is 4.39 Å². The normalized spacial score (nSPS) is 12.2. The fourth-order valence-corrected chi connectivity index (χ4v) is 4.01. The number of hydrogen-bond donors (Lipinski definition) is 0. The fourth-order valence-electron chi connectivity index (χ4n) is 2.42. The van der Waals surface area contributed by atoms with Crippen LogP contribution in [0.25, 0.3) is 0 Å². The molecule has 1 unspecified atom stereocenters. The van der Waals surface area contributed by atoms with E-state index in [4.69, 9.17) is 39.5 Å². The van der Waals surface area contributed by atoms with Crippen LogP contribution in [0.4, 0.5) is 4.39 Å². The number of rotatable bonds is 6. The van der Waals surface area contributed by atoms with Gasteiger partial charge in [0, 0.05) is 34.5 Å². The minimum Gasteiger partial charge on any atom is -0.481 e. The van der Waals surface area contributed by atoms with E-state index < -0.39 is 6.10 Å². The van der Waals surface area contributed by atoms with Crippen molar-refractivity contribution < 1.29 is 9.13 Å². The van der Waals surface area contributed by atoms with Gasteiger partial charge in [0.2, 0.25) is 0 Å². The molecule has 0 amide bonds. The van der Waals surface area contributed by atoms with Gasteiger partial charge in [0.15, 0.2) is 17.1 Å². The highest BCUT2D eigenvalue weighted by Crippen LogP contribution is 2.32. The van der Waals surface area contributed by atoms with Crippen LogP contribution in [0, 0.1) is 5.82 Å². The van der Waals surface area contributed by atoms with Gasteiger partial charge in [-0.1, -0.05) is 52.6 Å². The highest BCUT2D eigenvalue weighted by molar-refractivity contribution is 7.98. The van der Waals surface area contributed by atoms with Crippen LogP contribution in [0.3, 0.4) is 0 Å². The van der Waals surface area contributed by atoms with Gasteiger partial charge in [-0.15, -0.1) is 10.2 Å². The first-order chi connectivity index (χ1) is 12.9. The highest BCUT2D eigenvalue weighted by Gasteiger charge is 2.19. The van der Waals surface area contributed by atoms with Crippen LogP contribution in [-0.4, -0.2) is 14.8 Å². The van der Waals surface area contributed by atoms with E-state index in [0.717, 1.165) is 0 Å². The van der Waals surface area contributed by atoms with Crippen molar-refractivity contribution in [3.05, 3.63) is 68.7 Å². The summed E-state index contributed by atoms with van der Waals surface area (Å²) in [6, 6.07) is 9.62. The number of aromatic nitrogens is 3. The summed E-state index contributed by atoms with van der Waals surface area (Å²) in [6.45, 7) is 1.84. The topological polar surface area (TPSA) is 39.9 Å². The molecule has 1 aromatic heterocycles.